The van der Waals surface area contributed by atoms with Gasteiger partial charge in [-0.05, 0) is 23.6 Å². The van der Waals surface area contributed by atoms with Crippen LogP contribution in [0.2, 0.25) is 0 Å². The van der Waals surface area contributed by atoms with Crippen LogP contribution in [-0.4, -0.2) is 10.9 Å². The number of benzene rings is 1. The molecule has 0 amide bonds. The zero-order valence-electron chi connectivity index (χ0n) is 8.31. The Hall–Kier alpha value is -1.83. The first kappa shape index (κ1) is 9.71. The van der Waals surface area contributed by atoms with Crippen molar-refractivity contribution in [3.05, 3.63) is 53.3 Å². The molecular weight excluding hydrogens is 188 g/mol. The molecule has 0 bridgehead atoms. The lowest BCUT2D eigenvalue weighted by molar-refractivity contribution is -0.114. The van der Waals surface area contributed by atoms with Crippen LogP contribution in [0.15, 0.2) is 47.7 Å². The smallest absolute Gasteiger partial charge is 0.159 e. The molecule has 0 aliphatic heterocycles. The van der Waals surface area contributed by atoms with Crippen molar-refractivity contribution in [1.29, 1.82) is 0 Å². The van der Waals surface area contributed by atoms with Crippen molar-refractivity contribution in [3.8, 4) is 0 Å². The van der Waals surface area contributed by atoms with Gasteiger partial charge in [0.05, 0.1) is 0 Å². The van der Waals surface area contributed by atoms with Crippen LogP contribution in [0.1, 0.15) is 18.4 Å². The molecule has 0 fully saturated rings. The summed E-state index contributed by atoms with van der Waals surface area (Å²) in [6, 6.07) is 9.78. The van der Waals surface area contributed by atoms with Crippen molar-refractivity contribution in [2.75, 3.05) is 0 Å². The van der Waals surface area contributed by atoms with Gasteiger partial charge in [-0.3, -0.25) is 4.79 Å². The summed E-state index contributed by atoms with van der Waals surface area (Å²) in [6.07, 6.45) is 4.33. The van der Waals surface area contributed by atoms with Gasteiger partial charge in [-0.15, -0.1) is 0 Å². The monoisotopic (exact) mass is 200 g/mol. The van der Waals surface area contributed by atoms with Crippen LogP contribution in [0.5, 0.6) is 0 Å². The Labute approximate surface area is 88.6 Å². The van der Waals surface area contributed by atoms with Crippen molar-refractivity contribution in [2.24, 2.45) is 0 Å². The largest absolute Gasteiger partial charge is 0.508 e. The molecule has 0 saturated carbocycles. The third-order valence-electron chi connectivity index (χ3n) is 2.41. The van der Waals surface area contributed by atoms with Crippen molar-refractivity contribution in [2.45, 2.75) is 12.8 Å². The Morgan fingerprint density at radius 2 is 1.87 bits per heavy atom. The summed E-state index contributed by atoms with van der Waals surface area (Å²) in [5.41, 5.74) is 1.88. The molecule has 2 heteroatoms. The van der Waals surface area contributed by atoms with Crippen LogP contribution in [0.3, 0.4) is 0 Å². The maximum atomic E-state index is 11.0. The number of hydrogen-bond acceptors (Lipinski definition) is 2. The van der Waals surface area contributed by atoms with Crippen LogP contribution in [0.4, 0.5) is 0 Å². The number of carbonyl (C=O) groups is 1. The maximum absolute atomic E-state index is 11.0. The van der Waals surface area contributed by atoms with E-state index in [1.807, 2.05) is 36.4 Å². The average molecular weight is 200 g/mol. The van der Waals surface area contributed by atoms with Gasteiger partial charge in [0.2, 0.25) is 0 Å². The fourth-order valence-corrected chi connectivity index (χ4v) is 1.60. The number of ketones is 1. The molecule has 0 saturated heterocycles. The molecule has 0 spiro atoms. The number of carbonyl (C=O) groups excluding carboxylic acids is 1. The Balaban J connectivity index is 2.29. The van der Waals surface area contributed by atoms with Gasteiger partial charge >= 0.3 is 0 Å². The van der Waals surface area contributed by atoms with E-state index >= 15 is 0 Å². The fraction of sp³-hybridized carbons (Fsp3) is 0.154. The molecule has 1 aromatic rings. The van der Waals surface area contributed by atoms with Gasteiger partial charge in [-0.25, -0.2) is 0 Å². The van der Waals surface area contributed by atoms with Gasteiger partial charge in [-0.1, -0.05) is 30.3 Å². The lowest BCUT2D eigenvalue weighted by Crippen LogP contribution is -2.05. The molecule has 1 aliphatic carbocycles. The molecule has 0 heterocycles. The molecule has 15 heavy (non-hydrogen) atoms. The molecule has 0 radical (unpaired) electrons. The minimum absolute atomic E-state index is 0.00212. The van der Waals surface area contributed by atoms with E-state index in [0.29, 0.717) is 12.8 Å². The topological polar surface area (TPSA) is 37.3 Å². The molecular formula is C13H12O2. The summed E-state index contributed by atoms with van der Waals surface area (Å²) in [5.74, 6) is 0.104. The fourth-order valence-electron chi connectivity index (χ4n) is 1.60. The zero-order chi connectivity index (χ0) is 10.7. The summed E-state index contributed by atoms with van der Waals surface area (Å²) in [4.78, 5) is 11.0. The molecule has 2 rings (SSSR count). The van der Waals surface area contributed by atoms with Crippen LogP contribution in [0.25, 0.3) is 6.08 Å². The van der Waals surface area contributed by atoms with Crippen LogP contribution >= 0.6 is 0 Å². The first-order valence-electron chi connectivity index (χ1n) is 4.95. The van der Waals surface area contributed by atoms with Crippen molar-refractivity contribution in [1.82, 2.24) is 0 Å². The van der Waals surface area contributed by atoms with Gasteiger partial charge in [0.25, 0.3) is 0 Å². The van der Waals surface area contributed by atoms with Crippen molar-refractivity contribution < 1.29 is 9.90 Å². The van der Waals surface area contributed by atoms with E-state index in [1.54, 1.807) is 0 Å². The number of hydrogen-bond donors (Lipinski definition) is 1. The molecule has 76 valence electrons. The minimum atomic E-state index is -0.00212. The maximum Gasteiger partial charge on any atom is 0.159 e. The zero-order valence-corrected chi connectivity index (χ0v) is 8.31. The third kappa shape index (κ3) is 2.34. The second-order valence-electron chi connectivity index (χ2n) is 3.58. The molecule has 2 nitrogen and oxygen atoms in total. The predicted octanol–water partition coefficient (Wildman–Crippen LogP) is 2.87. The van der Waals surface area contributed by atoms with E-state index in [1.165, 1.54) is 6.08 Å². The van der Waals surface area contributed by atoms with Gasteiger partial charge in [0, 0.05) is 12.5 Å². The van der Waals surface area contributed by atoms with E-state index in [-0.39, 0.29) is 11.5 Å². The van der Waals surface area contributed by atoms with Crippen molar-refractivity contribution in [3.63, 3.8) is 0 Å². The van der Waals surface area contributed by atoms with Crippen molar-refractivity contribution >= 4 is 11.9 Å². The Morgan fingerprint density at radius 1 is 1.13 bits per heavy atom. The highest BCUT2D eigenvalue weighted by Gasteiger charge is 2.13. The molecule has 1 aliphatic rings. The first-order valence-corrected chi connectivity index (χ1v) is 4.95. The van der Waals surface area contributed by atoms with Crippen LogP contribution in [-0.2, 0) is 4.79 Å². The summed E-state index contributed by atoms with van der Waals surface area (Å²) >= 11 is 0. The highest BCUT2D eigenvalue weighted by molar-refractivity contribution is 5.92. The number of aliphatic hydroxyl groups is 1. The first-order chi connectivity index (χ1) is 7.25. The van der Waals surface area contributed by atoms with Crippen LogP contribution in [0, 0.1) is 0 Å². The van der Waals surface area contributed by atoms with Gasteiger partial charge in [-0.2, -0.15) is 0 Å². The number of aliphatic hydroxyl groups excluding tert-OH is 1. The third-order valence-corrected chi connectivity index (χ3v) is 2.41. The molecule has 0 aromatic heterocycles. The van der Waals surface area contributed by atoms with E-state index < -0.39 is 0 Å². The Bertz CT molecular complexity index is 427. The lowest BCUT2D eigenvalue weighted by atomic mass is 9.97. The highest BCUT2D eigenvalue weighted by Crippen LogP contribution is 2.22. The summed E-state index contributed by atoms with van der Waals surface area (Å²) < 4.78 is 0. The summed E-state index contributed by atoms with van der Waals surface area (Å²) in [6.45, 7) is 0. The summed E-state index contributed by atoms with van der Waals surface area (Å²) in [5, 5.41) is 9.57. The predicted molar refractivity (Wildman–Crippen MR) is 59.4 cm³/mol. The normalized spacial score (nSPS) is 19.1. The highest BCUT2D eigenvalue weighted by atomic mass is 16.3. The Kier molecular flexibility index (Phi) is 2.68. The second kappa shape index (κ2) is 4.13. The van der Waals surface area contributed by atoms with Gasteiger partial charge in [0.1, 0.15) is 5.76 Å². The van der Waals surface area contributed by atoms with E-state index in [4.69, 9.17) is 0 Å². The quantitative estimate of drug-likeness (QED) is 0.756. The van der Waals surface area contributed by atoms with E-state index in [0.717, 1.165) is 11.1 Å². The molecule has 1 aromatic carbocycles. The molecule has 0 atom stereocenters. The average Bonchev–Trinajstić information content (AvgIpc) is 2.24. The molecule has 1 N–H and O–H groups in total. The standard InChI is InChI=1S/C13H12O2/c14-12-7-6-11(13(15)9-12)8-10-4-2-1-3-5-10/h1-5,8-9,15H,6-7H2/b11-8-. The number of rotatable bonds is 1. The van der Waals surface area contributed by atoms with E-state index in [9.17, 15) is 9.90 Å². The van der Waals surface area contributed by atoms with E-state index in [2.05, 4.69) is 0 Å². The SMILES string of the molecule is O=C1C=C(O)/C(=C\c2ccccc2)CC1. The van der Waals surface area contributed by atoms with Gasteiger partial charge in [0.15, 0.2) is 5.78 Å². The minimum Gasteiger partial charge on any atom is -0.508 e. The van der Waals surface area contributed by atoms with Crippen LogP contribution < -0.4 is 0 Å². The summed E-state index contributed by atoms with van der Waals surface area (Å²) in [7, 11) is 0. The van der Waals surface area contributed by atoms with Gasteiger partial charge < -0.3 is 5.11 Å². The Morgan fingerprint density at radius 3 is 2.53 bits per heavy atom. The lowest BCUT2D eigenvalue weighted by Gasteiger charge is -2.10. The molecule has 0 unspecified atom stereocenters. The number of allylic oxidation sites excluding steroid dienone is 2. The second-order valence-corrected chi connectivity index (χ2v) is 3.58.